The molecule has 1 radical (unpaired) electrons. The van der Waals surface area contributed by atoms with E-state index in [1.807, 2.05) is 12.1 Å². The maximum atomic E-state index is 4.90. The Kier molecular flexibility index (Phi) is 9.11. The zero-order chi connectivity index (χ0) is 8.53. The molecule has 0 fully saturated rings. The van der Waals surface area contributed by atoms with Crippen molar-refractivity contribution in [1.29, 1.82) is 0 Å². The van der Waals surface area contributed by atoms with E-state index in [1.165, 1.54) is 5.56 Å². The lowest BCUT2D eigenvalue weighted by Crippen LogP contribution is -1.74. The van der Waals surface area contributed by atoms with Crippen molar-refractivity contribution in [3.05, 3.63) is 35.9 Å². The highest BCUT2D eigenvalue weighted by molar-refractivity contribution is 7.22. The van der Waals surface area contributed by atoms with Gasteiger partial charge in [0.2, 0.25) is 0 Å². The second-order valence-electron chi connectivity index (χ2n) is 1.86. The molecule has 0 amide bonds. The largest absolute Gasteiger partial charge is 0.618 e. The molecule has 0 saturated carbocycles. The van der Waals surface area contributed by atoms with E-state index in [4.69, 9.17) is 18.1 Å². The topological polar surface area (TPSA) is 0 Å². The van der Waals surface area contributed by atoms with Gasteiger partial charge in [0, 0.05) is 0 Å². The van der Waals surface area contributed by atoms with Gasteiger partial charge in [-0.2, -0.15) is 0 Å². The lowest BCUT2D eigenvalue weighted by atomic mass is 10.2. The van der Waals surface area contributed by atoms with Gasteiger partial charge in [-0.15, -0.1) is 0 Å². The quantitative estimate of drug-likeness (QED) is 0.611. The highest BCUT2D eigenvalue weighted by Gasteiger charge is 1.80. The first-order valence-electron chi connectivity index (χ1n) is 3.42. The summed E-state index contributed by atoms with van der Waals surface area (Å²) < 4.78 is 0. The second-order valence-corrected chi connectivity index (χ2v) is 4.49. The van der Waals surface area contributed by atoms with Crippen LogP contribution in [0.25, 0.3) is 0 Å². The average Bonchev–Trinajstić information content (AvgIpc) is 2.08. The minimum atomic E-state index is -0.639. The number of aryl methyl sites for hydroxylation is 1. The van der Waals surface area contributed by atoms with Crippen LogP contribution in [-0.4, -0.2) is 18.2 Å². The van der Waals surface area contributed by atoms with Gasteiger partial charge in [0.05, 0.1) is 0 Å². The highest BCUT2D eigenvalue weighted by atomic mass is 35.6. The van der Waals surface area contributed by atoms with E-state index < -0.39 is 18.2 Å². The van der Waals surface area contributed by atoms with Crippen molar-refractivity contribution in [3.63, 3.8) is 0 Å². The average molecular weight is 200 g/mol. The molecule has 0 N–H and O–H groups in total. The van der Waals surface area contributed by atoms with E-state index >= 15 is 0 Å². The molecule has 1 rings (SSSR count). The van der Waals surface area contributed by atoms with Crippen molar-refractivity contribution in [2.24, 2.45) is 0 Å². The van der Waals surface area contributed by atoms with Crippen LogP contribution in [0.15, 0.2) is 24.3 Å². The Morgan fingerprint density at radius 3 is 2.09 bits per heavy atom. The van der Waals surface area contributed by atoms with Gasteiger partial charge in [-0.05, 0) is 18.1 Å². The molecule has 0 heterocycles. The summed E-state index contributed by atoms with van der Waals surface area (Å²) in [5, 5.41) is 0. The Morgan fingerprint density at radius 1 is 1.36 bits per heavy atom. The lowest BCUT2D eigenvalue weighted by molar-refractivity contribution is 1.14. The first-order chi connectivity index (χ1) is 5.35. The van der Waals surface area contributed by atoms with Crippen molar-refractivity contribution < 1.29 is 0 Å². The summed E-state index contributed by atoms with van der Waals surface area (Å²) in [6.07, 6.45) is 1.12. The van der Waals surface area contributed by atoms with Crippen molar-refractivity contribution in [1.82, 2.24) is 0 Å². The van der Waals surface area contributed by atoms with Gasteiger partial charge in [-0.1, -0.05) is 31.2 Å². The van der Waals surface area contributed by atoms with Crippen LogP contribution in [-0.2, 0) is 6.42 Å². The van der Waals surface area contributed by atoms with Gasteiger partial charge in [0.15, 0.2) is 0 Å². The fourth-order valence-corrected chi connectivity index (χ4v) is 0.657. The Balaban J connectivity index is 0.000000292. The first kappa shape index (κ1) is 11.6. The number of hydrogen-bond donors (Lipinski definition) is 0. The smallest absolute Gasteiger partial charge is 0.309 e. The van der Waals surface area contributed by atoms with Crippen molar-refractivity contribution in [2.45, 2.75) is 13.3 Å². The van der Waals surface area contributed by atoms with E-state index in [-0.39, 0.29) is 0 Å². The molecule has 11 heavy (non-hydrogen) atoms. The minimum Gasteiger partial charge on any atom is -0.309 e. The molecule has 57 valence electrons. The Bertz CT molecular complexity index is 165. The third kappa shape index (κ3) is 6.94. The zero-order valence-corrected chi connectivity index (χ0v) is 9.41. The predicted octanol–water partition coefficient (Wildman–Crippen LogP) is 3.05. The molecule has 0 nitrogen and oxygen atoms in total. The predicted molar refractivity (Wildman–Crippen MR) is 52.1 cm³/mol. The van der Waals surface area contributed by atoms with Crippen molar-refractivity contribution in [2.75, 3.05) is 0 Å². The second kappa shape index (κ2) is 8.66. The summed E-state index contributed by atoms with van der Waals surface area (Å²) in [6.45, 7) is 2.15. The molecule has 0 unspecified atom stereocenters. The Morgan fingerprint density at radius 2 is 1.82 bits per heavy atom. The molecule has 0 spiro atoms. The minimum absolute atomic E-state index is 0.639. The molecule has 1 aromatic rings. The van der Waals surface area contributed by atoms with Crippen LogP contribution in [0.2, 0.25) is 0 Å². The summed E-state index contributed by atoms with van der Waals surface area (Å²) in [4.78, 5) is 0. The van der Waals surface area contributed by atoms with Gasteiger partial charge < -0.3 is 18.1 Å². The van der Waals surface area contributed by atoms with Gasteiger partial charge >= 0.3 is 18.2 Å². The summed E-state index contributed by atoms with van der Waals surface area (Å²) in [5.41, 5.74) is 1.38. The van der Waals surface area contributed by atoms with E-state index in [1.54, 1.807) is 0 Å². The maximum Gasteiger partial charge on any atom is 0.618 e. The standard InChI is InChI=1S/C8H9.2ClH.Mg/c1-2-8-6-4-3-5-7-8;;;/h4-7H,2H2,1H3;2*1H;/q;;;+2/p-2. The van der Waals surface area contributed by atoms with Gasteiger partial charge in [-0.25, -0.2) is 0 Å². The molecule has 0 aromatic heterocycles. The Hall–Kier alpha value is 0.566. The van der Waals surface area contributed by atoms with E-state index in [2.05, 4.69) is 25.1 Å². The molecular formula is C8H9Cl2Mg. The van der Waals surface area contributed by atoms with E-state index in [0.29, 0.717) is 0 Å². The lowest BCUT2D eigenvalue weighted by Gasteiger charge is -1.89. The van der Waals surface area contributed by atoms with Gasteiger partial charge in [0.1, 0.15) is 0 Å². The summed E-state index contributed by atoms with van der Waals surface area (Å²) >= 11 is -0.639. The molecule has 0 atom stereocenters. The summed E-state index contributed by atoms with van der Waals surface area (Å²) in [5.74, 6) is 0. The van der Waals surface area contributed by atoms with Crippen LogP contribution in [0.4, 0.5) is 0 Å². The fraction of sp³-hybridized carbons (Fsp3) is 0.250. The van der Waals surface area contributed by atoms with Crippen LogP contribution < -0.4 is 0 Å². The number of rotatable bonds is 1. The zero-order valence-electron chi connectivity index (χ0n) is 6.48. The molecule has 0 aliphatic carbocycles. The maximum absolute atomic E-state index is 4.90. The monoisotopic (exact) mass is 199 g/mol. The molecule has 0 saturated heterocycles. The normalized spacial score (nSPS) is 7.55. The van der Waals surface area contributed by atoms with Crippen LogP contribution >= 0.6 is 18.1 Å². The summed E-state index contributed by atoms with van der Waals surface area (Å²) in [7, 11) is 9.81. The molecule has 0 aliphatic rings. The molecule has 1 aromatic carbocycles. The van der Waals surface area contributed by atoms with Gasteiger partial charge in [-0.3, -0.25) is 0 Å². The van der Waals surface area contributed by atoms with E-state index in [9.17, 15) is 0 Å². The Labute approximate surface area is 85.2 Å². The van der Waals surface area contributed by atoms with Crippen LogP contribution in [0.3, 0.4) is 0 Å². The third-order valence-electron chi connectivity index (χ3n) is 1.20. The number of benzene rings is 1. The molecule has 3 heteroatoms. The third-order valence-corrected chi connectivity index (χ3v) is 1.20. The first-order valence-corrected chi connectivity index (χ1v) is 7.69. The number of halogens is 2. The fourth-order valence-electron chi connectivity index (χ4n) is 0.657. The molecule has 0 aliphatic heterocycles. The van der Waals surface area contributed by atoms with Crippen molar-refractivity contribution in [3.8, 4) is 0 Å². The molecular weight excluding hydrogens is 191 g/mol. The van der Waals surface area contributed by atoms with Crippen molar-refractivity contribution >= 4 is 36.3 Å². The van der Waals surface area contributed by atoms with Gasteiger partial charge in [0.25, 0.3) is 0 Å². The number of hydrogen-bond acceptors (Lipinski definition) is 0. The molecule has 0 bridgehead atoms. The van der Waals surface area contributed by atoms with E-state index in [0.717, 1.165) is 6.42 Å². The van der Waals surface area contributed by atoms with Crippen LogP contribution in [0.1, 0.15) is 12.5 Å². The summed E-state index contributed by atoms with van der Waals surface area (Å²) in [6, 6.07) is 11.0. The van der Waals surface area contributed by atoms with Crippen LogP contribution in [0, 0.1) is 6.07 Å². The SMILES string of the molecule is CCc1cc[c]cc1.[Cl][Mg][Cl]. The van der Waals surface area contributed by atoms with Crippen LogP contribution in [0.5, 0.6) is 0 Å². The highest BCUT2D eigenvalue weighted by Crippen LogP contribution is 1.96.